The van der Waals surface area contributed by atoms with E-state index in [2.05, 4.69) is 0 Å². The molecule has 4 rings (SSSR count). The van der Waals surface area contributed by atoms with Gasteiger partial charge in [0, 0.05) is 11.6 Å². The molecule has 1 spiro atoms. The second kappa shape index (κ2) is 5.09. The van der Waals surface area contributed by atoms with Crippen molar-refractivity contribution >= 4 is 17.4 Å². The Morgan fingerprint density at radius 1 is 1.00 bits per heavy atom. The van der Waals surface area contributed by atoms with E-state index in [4.69, 9.17) is 4.74 Å². The Bertz CT molecular complexity index is 812. The molecule has 2 heterocycles. The van der Waals surface area contributed by atoms with Gasteiger partial charge in [-0.3, -0.25) is 9.59 Å². The molecule has 0 fully saturated rings. The molecule has 0 aromatic heterocycles. The number of carbonyl (C=O) groups excluding carboxylic acids is 2. The third-order valence-corrected chi connectivity index (χ3v) is 4.35. The molecule has 2 aliphatic heterocycles. The number of benzene rings is 2. The minimum atomic E-state index is -1.21. The van der Waals surface area contributed by atoms with E-state index in [0.29, 0.717) is 6.54 Å². The van der Waals surface area contributed by atoms with Gasteiger partial charge in [-0.05, 0) is 11.6 Å². The Kier molecular flexibility index (Phi) is 3.05. The van der Waals surface area contributed by atoms with Gasteiger partial charge in [-0.15, -0.1) is 0 Å². The normalized spacial score (nSPS) is 22.3. The van der Waals surface area contributed by atoms with Crippen LogP contribution >= 0.6 is 0 Å². The Balaban J connectivity index is 1.79. The number of ether oxygens (including phenoxy) is 1. The van der Waals surface area contributed by atoms with E-state index in [0.717, 1.165) is 16.8 Å². The van der Waals surface area contributed by atoms with Crippen molar-refractivity contribution in [1.82, 2.24) is 0 Å². The SMILES string of the molecule is O=C1C=COC2(C1)C(=O)N(Cc1ccccc1)c1ccccc12. The van der Waals surface area contributed by atoms with E-state index in [1.807, 2.05) is 54.6 Å². The zero-order valence-electron chi connectivity index (χ0n) is 12.4. The lowest BCUT2D eigenvalue weighted by Crippen LogP contribution is -2.43. The minimum Gasteiger partial charge on any atom is -0.480 e. The Labute approximate surface area is 134 Å². The lowest BCUT2D eigenvalue weighted by Gasteiger charge is -2.29. The lowest BCUT2D eigenvalue weighted by molar-refractivity contribution is -0.143. The van der Waals surface area contributed by atoms with Crippen LogP contribution in [0.15, 0.2) is 66.9 Å². The number of amides is 1. The van der Waals surface area contributed by atoms with Crippen molar-refractivity contribution in [2.24, 2.45) is 0 Å². The first kappa shape index (κ1) is 13.8. The van der Waals surface area contributed by atoms with Gasteiger partial charge in [0.15, 0.2) is 5.78 Å². The summed E-state index contributed by atoms with van der Waals surface area (Å²) in [5.41, 5.74) is 1.39. The summed E-state index contributed by atoms with van der Waals surface area (Å²) in [5, 5.41) is 0. The molecule has 0 saturated heterocycles. The van der Waals surface area contributed by atoms with Crippen LogP contribution in [0.4, 0.5) is 5.69 Å². The second-order valence-electron chi connectivity index (χ2n) is 5.78. The quantitative estimate of drug-likeness (QED) is 0.857. The predicted octanol–water partition coefficient (Wildman–Crippen LogP) is 2.93. The average Bonchev–Trinajstić information content (AvgIpc) is 2.79. The van der Waals surface area contributed by atoms with E-state index in [1.54, 1.807) is 4.90 Å². The van der Waals surface area contributed by atoms with Crippen LogP contribution < -0.4 is 4.90 Å². The van der Waals surface area contributed by atoms with Crippen molar-refractivity contribution in [3.8, 4) is 0 Å². The molecule has 4 nitrogen and oxygen atoms in total. The summed E-state index contributed by atoms with van der Waals surface area (Å²) in [6.07, 6.45) is 2.76. The molecular formula is C19H15NO3. The lowest BCUT2D eigenvalue weighted by atomic mass is 9.88. The fourth-order valence-electron chi connectivity index (χ4n) is 3.27. The van der Waals surface area contributed by atoms with E-state index >= 15 is 0 Å². The van der Waals surface area contributed by atoms with E-state index in [-0.39, 0.29) is 18.1 Å². The summed E-state index contributed by atoms with van der Waals surface area (Å²) in [6, 6.07) is 17.3. The number of hydrogen-bond acceptors (Lipinski definition) is 3. The monoisotopic (exact) mass is 305 g/mol. The maximum atomic E-state index is 13.1. The van der Waals surface area contributed by atoms with Gasteiger partial charge in [0.1, 0.15) is 0 Å². The summed E-state index contributed by atoms with van der Waals surface area (Å²) in [6.45, 7) is 0.458. The molecule has 1 amide bonds. The number of anilines is 1. The molecule has 0 aliphatic carbocycles. The molecule has 2 aromatic carbocycles. The minimum absolute atomic E-state index is 0.0463. The third-order valence-electron chi connectivity index (χ3n) is 4.35. The molecular weight excluding hydrogens is 290 g/mol. The van der Waals surface area contributed by atoms with Crippen LogP contribution in [0.5, 0.6) is 0 Å². The van der Waals surface area contributed by atoms with Gasteiger partial charge in [-0.2, -0.15) is 0 Å². The first-order chi connectivity index (χ1) is 11.2. The maximum Gasteiger partial charge on any atom is 0.276 e. The molecule has 23 heavy (non-hydrogen) atoms. The molecule has 114 valence electrons. The standard InChI is InChI=1S/C19H15NO3/c21-15-10-11-23-19(12-15)16-8-4-5-9-17(16)20(18(19)22)13-14-6-2-1-3-7-14/h1-11H,12-13H2. The van der Waals surface area contributed by atoms with Crippen molar-refractivity contribution in [3.63, 3.8) is 0 Å². The summed E-state index contributed by atoms with van der Waals surface area (Å²) < 4.78 is 5.71. The van der Waals surface area contributed by atoms with Crippen molar-refractivity contribution in [2.45, 2.75) is 18.6 Å². The van der Waals surface area contributed by atoms with Crippen LogP contribution in [0.1, 0.15) is 17.5 Å². The highest BCUT2D eigenvalue weighted by Gasteiger charge is 2.54. The highest BCUT2D eigenvalue weighted by molar-refractivity contribution is 6.10. The molecule has 0 radical (unpaired) electrons. The highest BCUT2D eigenvalue weighted by atomic mass is 16.5. The van der Waals surface area contributed by atoms with Crippen LogP contribution in [-0.2, 0) is 26.5 Å². The van der Waals surface area contributed by atoms with Crippen LogP contribution in [0.25, 0.3) is 0 Å². The highest BCUT2D eigenvalue weighted by Crippen LogP contribution is 2.46. The van der Waals surface area contributed by atoms with Crippen LogP contribution in [0.3, 0.4) is 0 Å². The largest absolute Gasteiger partial charge is 0.480 e. The third kappa shape index (κ3) is 2.06. The number of para-hydroxylation sites is 1. The number of carbonyl (C=O) groups is 2. The number of allylic oxidation sites excluding steroid dienone is 1. The fraction of sp³-hybridized carbons (Fsp3) is 0.158. The maximum absolute atomic E-state index is 13.1. The summed E-state index contributed by atoms with van der Waals surface area (Å²) in [5.74, 6) is -0.277. The zero-order valence-corrected chi connectivity index (χ0v) is 12.4. The van der Waals surface area contributed by atoms with Gasteiger partial charge in [-0.25, -0.2) is 0 Å². The molecule has 0 N–H and O–H groups in total. The summed E-state index contributed by atoms with van der Waals surface area (Å²) >= 11 is 0. The van der Waals surface area contributed by atoms with E-state index in [1.165, 1.54) is 12.3 Å². The smallest absolute Gasteiger partial charge is 0.276 e. The fourth-order valence-corrected chi connectivity index (χ4v) is 3.27. The van der Waals surface area contributed by atoms with Crippen LogP contribution in [0, 0.1) is 0 Å². The number of hydrogen-bond donors (Lipinski definition) is 0. The van der Waals surface area contributed by atoms with Crippen molar-refractivity contribution in [1.29, 1.82) is 0 Å². The van der Waals surface area contributed by atoms with Crippen molar-refractivity contribution < 1.29 is 14.3 Å². The average molecular weight is 305 g/mol. The van der Waals surface area contributed by atoms with Gasteiger partial charge < -0.3 is 9.64 Å². The molecule has 1 unspecified atom stereocenters. The van der Waals surface area contributed by atoms with Gasteiger partial charge in [0.2, 0.25) is 5.60 Å². The molecule has 2 aromatic rings. The molecule has 1 atom stereocenters. The predicted molar refractivity (Wildman–Crippen MR) is 85.6 cm³/mol. The molecule has 2 aliphatic rings. The Hall–Kier alpha value is -2.88. The van der Waals surface area contributed by atoms with E-state index < -0.39 is 5.60 Å². The van der Waals surface area contributed by atoms with Gasteiger partial charge in [-0.1, -0.05) is 48.5 Å². The topological polar surface area (TPSA) is 46.6 Å². The molecule has 0 saturated carbocycles. The zero-order chi connectivity index (χ0) is 15.9. The Morgan fingerprint density at radius 2 is 1.74 bits per heavy atom. The molecule has 0 bridgehead atoms. The van der Waals surface area contributed by atoms with Crippen LogP contribution in [-0.4, -0.2) is 11.7 Å². The number of ketones is 1. The summed E-state index contributed by atoms with van der Waals surface area (Å²) in [4.78, 5) is 26.7. The number of fused-ring (bicyclic) bond motifs is 2. The summed E-state index contributed by atoms with van der Waals surface area (Å²) in [7, 11) is 0. The van der Waals surface area contributed by atoms with Crippen LogP contribution in [0.2, 0.25) is 0 Å². The van der Waals surface area contributed by atoms with Crippen molar-refractivity contribution in [2.75, 3.05) is 4.90 Å². The van der Waals surface area contributed by atoms with E-state index in [9.17, 15) is 9.59 Å². The van der Waals surface area contributed by atoms with Gasteiger partial charge >= 0.3 is 0 Å². The first-order valence-electron chi connectivity index (χ1n) is 7.53. The number of rotatable bonds is 2. The van der Waals surface area contributed by atoms with Gasteiger partial charge in [0.25, 0.3) is 5.91 Å². The second-order valence-corrected chi connectivity index (χ2v) is 5.78. The van der Waals surface area contributed by atoms with Gasteiger partial charge in [0.05, 0.1) is 24.9 Å². The number of nitrogens with zero attached hydrogens (tertiary/aromatic N) is 1. The molecule has 4 heteroatoms. The first-order valence-corrected chi connectivity index (χ1v) is 7.53. The van der Waals surface area contributed by atoms with Crippen molar-refractivity contribution in [3.05, 3.63) is 78.1 Å². The Morgan fingerprint density at radius 3 is 2.52 bits per heavy atom.